The first-order valence-corrected chi connectivity index (χ1v) is 4.98. The fourth-order valence-corrected chi connectivity index (χ4v) is 1.54. The first kappa shape index (κ1) is 9.06. The zero-order valence-corrected chi connectivity index (χ0v) is 8.62. The lowest BCUT2D eigenvalue weighted by molar-refractivity contribution is 0.899. The number of para-hydroxylation sites is 2. The van der Waals surface area contributed by atoms with Gasteiger partial charge in [0, 0.05) is 15.0 Å². The summed E-state index contributed by atoms with van der Waals surface area (Å²) in [5.74, 6) is 0.952. The standard InChI is InChI=1S/C11H15N3.H2/c1-3-8-12-11-13-9-6-4-5-7-10(9)14(11)2;/h4-7H,3,8H2,1-2H3,(H,12,13);1H. The van der Waals surface area contributed by atoms with Gasteiger partial charge < -0.3 is 9.88 Å². The first-order valence-electron chi connectivity index (χ1n) is 4.98. The Hall–Kier alpha value is -1.51. The molecule has 1 N–H and O–H groups in total. The predicted molar refractivity (Wildman–Crippen MR) is 61.6 cm³/mol. The summed E-state index contributed by atoms with van der Waals surface area (Å²) in [6, 6.07) is 8.17. The van der Waals surface area contributed by atoms with Crippen LogP contribution in [0.5, 0.6) is 0 Å². The molecule has 76 valence electrons. The summed E-state index contributed by atoms with van der Waals surface area (Å²) in [5, 5.41) is 3.30. The fraction of sp³-hybridized carbons (Fsp3) is 0.364. The van der Waals surface area contributed by atoms with Crippen molar-refractivity contribution in [1.82, 2.24) is 9.55 Å². The molecule has 0 atom stereocenters. The molecule has 0 saturated heterocycles. The van der Waals surface area contributed by atoms with E-state index in [-0.39, 0.29) is 1.43 Å². The highest BCUT2D eigenvalue weighted by Crippen LogP contribution is 2.17. The molecule has 3 nitrogen and oxygen atoms in total. The number of hydrogen-bond acceptors (Lipinski definition) is 2. The highest BCUT2D eigenvalue weighted by atomic mass is 15.2. The monoisotopic (exact) mass is 191 g/mol. The zero-order chi connectivity index (χ0) is 9.97. The average molecular weight is 191 g/mol. The smallest absolute Gasteiger partial charge is 0.203 e. The largest absolute Gasteiger partial charge is 0.356 e. The van der Waals surface area contributed by atoms with Crippen molar-refractivity contribution in [2.45, 2.75) is 13.3 Å². The number of aryl methyl sites for hydroxylation is 1. The van der Waals surface area contributed by atoms with Gasteiger partial charge in [0.25, 0.3) is 0 Å². The van der Waals surface area contributed by atoms with Crippen molar-refractivity contribution >= 4 is 17.0 Å². The van der Waals surface area contributed by atoms with E-state index in [0.717, 1.165) is 24.4 Å². The molecule has 0 aliphatic carbocycles. The lowest BCUT2D eigenvalue weighted by Gasteiger charge is -2.03. The summed E-state index contributed by atoms with van der Waals surface area (Å²) in [7, 11) is 2.04. The van der Waals surface area contributed by atoms with E-state index in [9.17, 15) is 0 Å². The number of imidazole rings is 1. The van der Waals surface area contributed by atoms with Gasteiger partial charge in [0.2, 0.25) is 5.95 Å². The second kappa shape index (κ2) is 3.70. The van der Waals surface area contributed by atoms with E-state index in [1.54, 1.807) is 0 Å². The topological polar surface area (TPSA) is 29.9 Å². The van der Waals surface area contributed by atoms with Crippen LogP contribution in [0.1, 0.15) is 14.8 Å². The third-order valence-corrected chi connectivity index (χ3v) is 2.32. The number of fused-ring (bicyclic) bond motifs is 1. The van der Waals surface area contributed by atoms with Crippen LogP contribution in [0.15, 0.2) is 24.3 Å². The molecule has 0 amide bonds. The molecule has 0 aliphatic rings. The van der Waals surface area contributed by atoms with Gasteiger partial charge in [-0.05, 0) is 18.6 Å². The minimum absolute atomic E-state index is 0. The Morgan fingerprint density at radius 3 is 2.93 bits per heavy atom. The molecule has 0 radical (unpaired) electrons. The van der Waals surface area contributed by atoms with Gasteiger partial charge in [-0.15, -0.1) is 0 Å². The van der Waals surface area contributed by atoms with Crippen molar-refractivity contribution in [3.05, 3.63) is 24.3 Å². The Kier molecular flexibility index (Phi) is 2.39. The highest BCUT2D eigenvalue weighted by molar-refractivity contribution is 5.78. The van der Waals surface area contributed by atoms with Crippen molar-refractivity contribution in [3.63, 3.8) is 0 Å². The number of nitrogens with zero attached hydrogens (tertiary/aromatic N) is 2. The molecule has 1 aromatic carbocycles. The van der Waals surface area contributed by atoms with Crippen LogP contribution >= 0.6 is 0 Å². The van der Waals surface area contributed by atoms with E-state index < -0.39 is 0 Å². The average Bonchev–Trinajstić information content (AvgIpc) is 2.54. The Bertz CT molecular complexity index is 436. The van der Waals surface area contributed by atoms with Crippen LogP contribution in [0.25, 0.3) is 11.0 Å². The lowest BCUT2D eigenvalue weighted by Crippen LogP contribution is -2.05. The third kappa shape index (κ3) is 1.45. The molecule has 1 heterocycles. The molecule has 3 heteroatoms. The summed E-state index contributed by atoms with van der Waals surface area (Å²) in [4.78, 5) is 4.50. The summed E-state index contributed by atoms with van der Waals surface area (Å²) in [5.41, 5.74) is 2.22. The molecule has 0 fully saturated rings. The summed E-state index contributed by atoms with van der Waals surface area (Å²) >= 11 is 0. The third-order valence-electron chi connectivity index (χ3n) is 2.32. The normalized spacial score (nSPS) is 10.7. The maximum Gasteiger partial charge on any atom is 0.203 e. The number of hydrogen-bond donors (Lipinski definition) is 1. The number of benzene rings is 1. The van der Waals surface area contributed by atoms with Crippen LogP contribution in [0, 0.1) is 0 Å². The van der Waals surface area contributed by atoms with Crippen LogP contribution in [0.2, 0.25) is 0 Å². The summed E-state index contributed by atoms with van der Waals surface area (Å²) in [6.07, 6.45) is 1.11. The molecular formula is C11H17N3. The summed E-state index contributed by atoms with van der Waals surface area (Å²) in [6.45, 7) is 3.12. The Balaban J connectivity index is 0.00000112. The van der Waals surface area contributed by atoms with Crippen LogP contribution in [0.3, 0.4) is 0 Å². The second-order valence-corrected chi connectivity index (χ2v) is 3.41. The van der Waals surface area contributed by atoms with Crippen molar-refractivity contribution in [1.29, 1.82) is 0 Å². The van der Waals surface area contributed by atoms with E-state index in [2.05, 4.69) is 27.9 Å². The Morgan fingerprint density at radius 2 is 2.21 bits per heavy atom. The zero-order valence-electron chi connectivity index (χ0n) is 8.62. The molecule has 0 bridgehead atoms. The number of anilines is 1. The second-order valence-electron chi connectivity index (χ2n) is 3.41. The molecule has 1 aromatic heterocycles. The SMILES string of the molecule is CCCNc1nc2ccccc2n1C.[HH]. The van der Waals surface area contributed by atoms with Gasteiger partial charge >= 0.3 is 0 Å². The highest BCUT2D eigenvalue weighted by Gasteiger charge is 2.04. The van der Waals surface area contributed by atoms with Gasteiger partial charge in [0.1, 0.15) is 0 Å². The van der Waals surface area contributed by atoms with Gasteiger partial charge in [-0.3, -0.25) is 0 Å². The molecule has 14 heavy (non-hydrogen) atoms. The maximum absolute atomic E-state index is 4.50. The van der Waals surface area contributed by atoms with E-state index in [1.165, 1.54) is 5.52 Å². The summed E-state index contributed by atoms with van der Waals surface area (Å²) < 4.78 is 2.09. The quantitative estimate of drug-likeness (QED) is 0.808. The Morgan fingerprint density at radius 1 is 1.43 bits per heavy atom. The van der Waals surface area contributed by atoms with Crippen molar-refractivity contribution in [2.24, 2.45) is 7.05 Å². The van der Waals surface area contributed by atoms with E-state index in [0.29, 0.717) is 0 Å². The van der Waals surface area contributed by atoms with Crippen molar-refractivity contribution in [2.75, 3.05) is 11.9 Å². The minimum atomic E-state index is 0. The van der Waals surface area contributed by atoms with Gasteiger partial charge in [-0.1, -0.05) is 19.1 Å². The minimum Gasteiger partial charge on any atom is -0.356 e. The molecule has 2 aromatic rings. The predicted octanol–water partition coefficient (Wildman–Crippen LogP) is 2.64. The van der Waals surface area contributed by atoms with Gasteiger partial charge in [0.15, 0.2) is 0 Å². The van der Waals surface area contributed by atoms with Gasteiger partial charge in [-0.2, -0.15) is 0 Å². The lowest BCUT2D eigenvalue weighted by atomic mass is 10.3. The van der Waals surface area contributed by atoms with Gasteiger partial charge in [0.05, 0.1) is 11.0 Å². The van der Waals surface area contributed by atoms with Crippen LogP contribution in [-0.4, -0.2) is 16.1 Å². The van der Waals surface area contributed by atoms with Crippen molar-refractivity contribution in [3.8, 4) is 0 Å². The van der Waals surface area contributed by atoms with E-state index in [1.807, 2.05) is 25.2 Å². The molecule has 0 aliphatic heterocycles. The number of nitrogens with one attached hydrogen (secondary N) is 1. The maximum atomic E-state index is 4.50. The molecular weight excluding hydrogens is 174 g/mol. The molecule has 0 spiro atoms. The van der Waals surface area contributed by atoms with Crippen LogP contribution in [0.4, 0.5) is 5.95 Å². The van der Waals surface area contributed by atoms with Crippen LogP contribution < -0.4 is 5.32 Å². The Labute approximate surface area is 85.2 Å². The number of rotatable bonds is 3. The fourth-order valence-electron chi connectivity index (χ4n) is 1.54. The van der Waals surface area contributed by atoms with E-state index in [4.69, 9.17) is 0 Å². The molecule has 0 saturated carbocycles. The number of aromatic nitrogens is 2. The molecule has 0 unspecified atom stereocenters. The van der Waals surface area contributed by atoms with Gasteiger partial charge in [-0.25, -0.2) is 4.98 Å². The molecule has 2 rings (SSSR count). The van der Waals surface area contributed by atoms with Crippen LogP contribution in [-0.2, 0) is 7.05 Å². The first-order chi connectivity index (χ1) is 6.83. The van der Waals surface area contributed by atoms with Crippen molar-refractivity contribution < 1.29 is 1.43 Å². The van der Waals surface area contributed by atoms with E-state index >= 15 is 0 Å².